The number of hydrogen-bond donors (Lipinski definition) is 2. The molecule has 1 heterocycles. The SMILES string of the molecule is CCC(NC(=O)CN1C(=O)NC2(CC(C)CC(C)(C)C2)C1=O)c1ccc(Br)cc1. The van der Waals surface area contributed by atoms with Crippen molar-refractivity contribution < 1.29 is 14.4 Å². The first-order valence-corrected chi connectivity index (χ1v) is 11.0. The Morgan fingerprint density at radius 3 is 2.52 bits per heavy atom. The van der Waals surface area contributed by atoms with Gasteiger partial charge in [-0.2, -0.15) is 0 Å². The highest BCUT2D eigenvalue weighted by Gasteiger charge is 2.56. The molecule has 1 saturated carbocycles. The molecule has 1 spiro atoms. The summed E-state index contributed by atoms with van der Waals surface area (Å²) in [5.74, 6) is -0.268. The average molecular weight is 464 g/mol. The number of carbonyl (C=O) groups excluding carboxylic acids is 3. The third-order valence-corrected chi connectivity index (χ3v) is 6.47. The van der Waals surface area contributed by atoms with Gasteiger partial charge >= 0.3 is 6.03 Å². The highest BCUT2D eigenvalue weighted by atomic mass is 79.9. The molecule has 29 heavy (non-hydrogen) atoms. The van der Waals surface area contributed by atoms with Crippen LogP contribution in [0.1, 0.15) is 65.0 Å². The molecule has 1 aromatic rings. The number of benzene rings is 1. The van der Waals surface area contributed by atoms with E-state index in [0.29, 0.717) is 25.2 Å². The molecule has 2 N–H and O–H groups in total. The monoisotopic (exact) mass is 463 g/mol. The molecule has 1 aliphatic heterocycles. The van der Waals surface area contributed by atoms with Crippen LogP contribution in [0.2, 0.25) is 0 Å². The summed E-state index contributed by atoms with van der Waals surface area (Å²) < 4.78 is 0.969. The summed E-state index contributed by atoms with van der Waals surface area (Å²) in [5, 5.41) is 5.88. The Balaban J connectivity index is 1.69. The fourth-order valence-corrected chi connectivity index (χ4v) is 5.41. The van der Waals surface area contributed by atoms with Gasteiger partial charge in [0.15, 0.2) is 0 Å². The van der Waals surface area contributed by atoms with Crippen LogP contribution in [-0.2, 0) is 9.59 Å². The zero-order valence-electron chi connectivity index (χ0n) is 17.5. The Morgan fingerprint density at radius 1 is 1.28 bits per heavy atom. The molecule has 0 bridgehead atoms. The van der Waals surface area contributed by atoms with Crippen LogP contribution >= 0.6 is 15.9 Å². The van der Waals surface area contributed by atoms with Gasteiger partial charge in [-0.15, -0.1) is 0 Å². The maximum absolute atomic E-state index is 13.2. The van der Waals surface area contributed by atoms with E-state index in [-0.39, 0.29) is 29.8 Å². The lowest BCUT2D eigenvalue weighted by Crippen LogP contribution is -2.54. The van der Waals surface area contributed by atoms with Crippen molar-refractivity contribution in [2.45, 2.75) is 65.0 Å². The number of amides is 4. The van der Waals surface area contributed by atoms with E-state index in [0.717, 1.165) is 21.4 Å². The lowest BCUT2D eigenvalue weighted by atomic mass is 9.64. The van der Waals surface area contributed by atoms with Crippen LogP contribution in [0, 0.1) is 11.3 Å². The van der Waals surface area contributed by atoms with Gasteiger partial charge in [0.1, 0.15) is 12.1 Å². The topological polar surface area (TPSA) is 78.5 Å². The summed E-state index contributed by atoms with van der Waals surface area (Å²) in [6.07, 6.45) is 2.95. The van der Waals surface area contributed by atoms with Crippen molar-refractivity contribution in [2.24, 2.45) is 11.3 Å². The van der Waals surface area contributed by atoms with Gasteiger partial charge < -0.3 is 10.6 Å². The maximum Gasteiger partial charge on any atom is 0.325 e. The predicted octanol–water partition coefficient (Wildman–Crippen LogP) is 4.15. The number of halogens is 1. The molecule has 3 atom stereocenters. The molecule has 0 aromatic heterocycles. The van der Waals surface area contributed by atoms with E-state index >= 15 is 0 Å². The second-order valence-corrected chi connectivity index (χ2v) is 10.3. The number of hydrogen-bond acceptors (Lipinski definition) is 3. The largest absolute Gasteiger partial charge is 0.348 e. The van der Waals surface area contributed by atoms with Gasteiger partial charge in [0.25, 0.3) is 5.91 Å². The molecule has 0 radical (unpaired) electrons. The Hall–Kier alpha value is -1.89. The summed E-state index contributed by atoms with van der Waals surface area (Å²) in [5.41, 5.74) is 0.0721. The van der Waals surface area contributed by atoms with Crippen molar-refractivity contribution in [3.05, 3.63) is 34.3 Å². The van der Waals surface area contributed by atoms with E-state index in [1.807, 2.05) is 31.2 Å². The van der Waals surface area contributed by atoms with Crippen LogP contribution in [0.5, 0.6) is 0 Å². The van der Waals surface area contributed by atoms with Crippen LogP contribution in [0.4, 0.5) is 4.79 Å². The lowest BCUT2D eigenvalue weighted by molar-refractivity contribution is -0.137. The van der Waals surface area contributed by atoms with Crippen LogP contribution < -0.4 is 10.6 Å². The zero-order chi connectivity index (χ0) is 21.4. The Morgan fingerprint density at radius 2 is 1.93 bits per heavy atom. The minimum Gasteiger partial charge on any atom is -0.348 e. The molecule has 1 aliphatic carbocycles. The minimum absolute atomic E-state index is 0.0340. The smallest absolute Gasteiger partial charge is 0.325 e. The van der Waals surface area contributed by atoms with Crippen molar-refractivity contribution in [1.82, 2.24) is 15.5 Å². The van der Waals surface area contributed by atoms with E-state index in [2.05, 4.69) is 47.3 Å². The number of urea groups is 1. The number of imide groups is 1. The molecule has 7 heteroatoms. The summed E-state index contributed by atoms with van der Waals surface area (Å²) in [7, 11) is 0. The molecule has 6 nitrogen and oxygen atoms in total. The quantitative estimate of drug-likeness (QED) is 0.643. The van der Waals surface area contributed by atoms with Crippen LogP contribution in [0.25, 0.3) is 0 Å². The molecule has 3 rings (SSSR count). The molecule has 1 aromatic carbocycles. The van der Waals surface area contributed by atoms with Gasteiger partial charge in [-0.25, -0.2) is 4.79 Å². The molecule has 158 valence electrons. The van der Waals surface area contributed by atoms with Gasteiger partial charge in [0.05, 0.1) is 6.04 Å². The first-order chi connectivity index (χ1) is 13.5. The summed E-state index contributed by atoms with van der Waals surface area (Å²) in [6, 6.07) is 7.12. The fourth-order valence-electron chi connectivity index (χ4n) is 5.15. The van der Waals surface area contributed by atoms with E-state index < -0.39 is 11.6 Å². The standard InChI is InChI=1S/C22H30BrN3O3/c1-5-17(15-6-8-16(23)9-7-15)24-18(27)12-26-19(28)22(25-20(26)29)11-14(2)10-21(3,4)13-22/h6-9,14,17H,5,10-13H2,1-4H3,(H,24,27)(H,25,29). The van der Waals surface area contributed by atoms with Crippen LogP contribution in [0.3, 0.4) is 0 Å². The van der Waals surface area contributed by atoms with Crippen LogP contribution in [0.15, 0.2) is 28.7 Å². The van der Waals surface area contributed by atoms with E-state index in [1.54, 1.807) is 0 Å². The first kappa shape index (κ1) is 21.8. The number of carbonyl (C=O) groups is 3. The number of nitrogens with zero attached hydrogens (tertiary/aromatic N) is 1. The minimum atomic E-state index is -0.881. The van der Waals surface area contributed by atoms with E-state index in [4.69, 9.17) is 0 Å². The van der Waals surface area contributed by atoms with Crippen molar-refractivity contribution >= 4 is 33.8 Å². The van der Waals surface area contributed by atoms with Crippen molar-refractivity contribution in [3.8, 4) is 0 Å². The molecule has 1 saturated heterocycles. The first-order valence-electron chi connectivity index (χ1n) is 10.2. The predicted molar refractivity (Wildman–Crippen MR) is 115 cm³/mol. The molecule has 4 amide bonds. The Kier molecular flexibility index (Phi) is 6.08. The van der Waals surface area contributed by atoms with Crippen molar-refractivity contribution in [1.29, 1.82) is 0 Å². The van der Waals surface area contributed by atoms with Crippen LogP contribution in [-0.4, -0.2) is 34.8 Å². The lowest BCUT2D eigenvalue weighted by Gasteiger charge is -2.43. The van der Waals surface area contributed by atoms with Gasteiger partial charge in [0, 0.05) is 4.47 Å². The normalized spacial score (nSPS) is 27.1. The third-order valence-electron chi connectivity index (χ3n) is 5.94. The Labute approximate surface area is 180 Å². The molecule has 3 unspecified atom stereocenters. The highest BCUT2D eigenvalue weighted by molar-refractivity contribution is 9.10. The van der Waals surface area contributed by atoms with E-state index in [1.165, 1.54) is 0 Å². The second kappa shape index (κ2) is 8.09. The molecular formula is C22H30BrN3O3. The fraction of sp³-hybridized carbons (Fsp3) is 0.591. The molecule has 2 fully saturated rings. The highest BCUT2D eigenvalue weighted by Crippen LogP contribution is 2.46. The van der Waals surface area contributed by atoms with Gasteiger partial charge in [-0.05, 0) is 54.7 Å². The average Bonchev–Trinajstić information content (AvgIpc) is 2.82. The summed E-state index contributed by atoms with van der Waals surface area (Å²) >= 11 is 3.41. The summed E-state index contributed by atoms with van der Waals surface area (Å²) in [4.78, 5) is 39.5. The number of rotatable bonds is 5. The van der Waals surface area contributed by atoms with Crippen molar-refractivity contribution in [2.75, 3.05) is 6.54 Å². The molecule has 2 aliphatic rings. The third kappa shape index (κ3) is 4.65. The maximum atomic E-state index is 13.2. The summed E-state index contributed by atoms with van der Waals surface area (Å²) in [6.45, 7) is 8.10. The second-order valence-electron chi connectivity index (χ2n) is 9.34. The van der Waals surface area contributed by atoms with E-state index in [9.17, 15) is 14.4 Å². The van der Waals surface area contributed by atoms with Crippen molar-refractivity contribution in [3.63, 3.8) is 0 Å². The Bertz CT molecular complexity index is 808. The van der Waals surface area contributed by atoms with Gasteiger partial charge in [-0.1, -0.05) is 55.8 Å². The zero-order valence-corrected chi connectivity index (χ0v) is 19.1. The van der Waals surface area contributed by atoms with Gasteiger partial charge in [0.2, 0.25) is 5.91 Å². The molecular weight excluding hydrogens is 434 g/mol. The number of nitrogens with one attached hydrogen (secondary N) is 2. The van der Waals surface area contributed by atoms with Gasteiger partial charge in [-0.3, -0.25) is 14.5 Å².